The summed E-state index contributed by atoms with van der Waals surface area (Å²) in [6.07, 6.45) is 0.439. The molecule has 0 heterocycles. The van der Waals surface area contributed by atoms with Crippen LogP contribution in [-0.2, 0) is 24.8 Å². The van der Waals surface area contributed by atoms with Gasteiger partial charge in [0.25, 0.3) is 0 Å². The van der Waals surface area contributed by atoms with Crippen molar-refractivity contribution in [1.29, 1.82) is 0 Å². The number of carbonyl (C=O) groups is 1. The summed E-state index contributed by atoms with van der Waals surface area (Å²) in [5, 5.41) is 0.0896. The summed E-state index contributed by atoms with van der Waals surface area (Å²) in [5.41, 5.74) is 2.55. The fourth-order valence-corrected chi connectivity index (χ4v) is 8.85. The van der Waals surface area contributed by atoms with Gasteiger partial charge in [-0.15, -0.1) is 0 Å². The van der Waals surface area contributed by atoms with E-state index in [4.69, 9.17) is 8.85 Å². The minimum Gasteiger partial charge on any atom is -0.410 e. The number of Topliss-reactive ketones (excluding diaryl/α,β-unsaturated/α-hetero) is 1. The van der Waals surface area contributed by atoms with Gasteiger partial charge in [-0.05, 0) is 32.3 Å². The van der Waals surface area contributed by atoms with Crippen LogP contribution in [0.1, 0.15) is 70.2 Å². The van der Waals surface area contributed by atoms with Gasteiger partial charge in [0.15, 0.2) is 19.5 Å². The van der Waals surface area contributed by atoms with Gasteiger partial charge >= 0.3 is 0 Å². The van der Waals surface area contributed by atoms with E-state index >= 15 is 0 Å². The van der Waals surface area contributed by atoms with Gasteiger partial charge in [-0.1, -0.05) is 163 Å². The van der Waals surface area contributed by atoms with E-state index in [1.807, 2.05) is 12.1 Å². The highest BCUT2D eigenvalue weighted by Gasteiger charge is 2.63. The first kappa shape index (κ1) is 31.3. The second kappa shape index (κ2) is 12.5. The topological polar surface area (TPSA) is 35.5 Å². The summed E-state index contributed by atoms with van der Waals surface area (Å²) >= 11 is 0. The molecule has 0 aliphatic heterocycles. The fourth-order valence-electron chi connectivity index (χ4n) is 6.47. The standard InChI is InChI=1S/C38H46O3Si2/c1-35(2,3)42-40-37(28-19-11-7-12-20-28,29-21-13-8-14-22-29)32-27-33(39)34(32)38(41-43-36(4,5)6,30-23-15-9-16-24-30)31-25-17-10-18-26-31/h7-26,32,34H,27,42-43H2,1-6H3/t32-,34+/m0/s1. The summed E-state index contributed by atoms with van der Waals surface area (Å²) in [7, 11) is -2.14. The lowest BCUT2D eigenvalue weighted by Gasteiger charge is -2.57. The van der Waals surface area contributed by atoms with Crippen molar-refractivity contribution >= 4 is 25.3 Å². The Hall–Kier alpha value is -3.10. The highest BCUT2D eigenvalue weighted by atomic mass is 28.2. The average molecular weight is 607 g/mol. The molecular formula is C38H46O3Si2. The lowest BCUT2D eigenvalue weighted by atomic mass is 9.53. The normalized spacial score (nSPS) is 18.4. The number of hydrogen-bond acceptors (Lipinski definition) is 3. The van der Waals surface area contributed by atoms with Gasteiger partial charge in [0.2, 0.25) is 0 Å². The summed E-state index contributed by atoms with van der Waals surface area (Å²) in [6, 6.07) is 42.1. The zero-order valence-electron chi connectivity index (χ0n) is 26.5. The van der Waals surface area contributed by atoms with Crippen LogP contribution >= 0.6 is 0 Å². The maximum atomic E-state index is 14.4. The molecule has 4 aromatic carbocycles. The predicted octanol–water partition coefficient (Wildman–Crippen LogP) is 7.72. The molecule has 4 aromatic rings. The van der Waals surface area contributed by atoms with Crippen LogP contribution in [0.4, 0.5) is 0 Å². The fraction of sp³-hybridized carbons (Fsp3) is 0.342. The van der Waals surface area contributed by atoms with Crippen molar-refractivity contribution in [3.05, 3.63) is 144 Å². The Morgan fingerprint density at radius 3 is 1.12 bits per heavy atom. The zero-order chi connectivity index (χ0) is 30.7. The smallest absolute Gasteiger partial charge is 0.168 e. The Kier molecular flexibility index (Phi) is 9.10. The Bertz CT molecular complexity index is 1400. The van der Waals surface area contributed by atoms with E-state index in [1.54, 1.807) is 0 Å². The van der Waals surface area contributed by atoms with Crippen LogP contribution in [0.25, 0.3) is 0 Å². The van der Waals surface area contributed by atoms with Crippen LogP contribution in [0, 0.1) is 11.8 Å². The van der Waals surface area contributed by atoms with Crippen LogP contribution in [-0.4, -0.2) is 25.3 Å². The van der Waals surface area contributed by atoms with Crippen LogP contribution in [0.15, 0.2) is 121 Å². The van der Waals surface area contributed by atoms with Crippen LogP contribution in [0.5, 0.6) is 0 Å². The molecule has 0 radical (unpaired) electrons. The molecule has 3 nitrogen and oxygen atoms in total. The third-order valence-electron chi connectivity index (χ3n) is 8.41. The molecule has 0 N–H and O–H groups in total. The molecule has 2 atom stereocenters. The summed E-state index contributed by atoms with van der Waals surface area (Å²) in [6.45, 7) is 13.5. The van der Waals surface area contributed by atoms with E-state index in [-0.39, 0.29) is 21.8 Å². The molecule has 0 amide bonds. The van der Waals surface area contributed by atoms with E-state index in [9.17, 15) is 4.79 Å². The molecule has 43 heavy (non-hydrogen) atoms. The van der Waals surface area contributed by atoms with Gasteiger partial charge in [0.05, 0.1) is 5.92 Å². The molecule has 1 saturated carbocycles. The Morgan fingerprint density at radius 1 is 0.512 bits per heavy atom. The number of ketones is 1. The van der Waals surface area contributed by atoms with Crippen molar-refractivity contribution in [2.75, 3.05) is 0 Å². The van der Waals surface area contributed by atoms with Gasteiger partial charge in [-0.25, -0.2) is 0 Å². The molecule has 0 bridgehead atoms. The molecule has 224 valence electrons. The lowest BCUT2D eigenvalue weighted by molar-refractivity contribution is -0.161. The molecule has 1 aliphatic rings. The first-order valence-corrected chi connectivity index (χ1v) is 18.1. The first-order valence-electron chi connectivity index (χ1n) is 15.5. The second-order valence-corrected chi connectivity index (χ2v) is 19.8. The largest absolute Gasteiger partial charge is 0.410 e. The van der Waals surface area contributed by atoms with E-state index in [0.717, 1.165) is 22.3 Å². The van der Waals surface area contributed by atoms with E-state index in [1.165, 1.54) is 0 Å². The van der Waals surface area contributed by atoms with E-state index < -0.39 is 36.6 Å². The molecule has 0 saturated heterocycles. The quantitative estimate of drug-likeness (QED) is 0.173. The third kappa shape index (κ3) is 6.41. The number of carbonyl (C=O) groups excluding carboxylic acids is 1. The van der Waals surface area contributed by atoms with Gasteiger partial charge in [0.1, 0.15) is 17.0 Å². The number of hydrogen-bond donors (Lipinski definition) is 0. The SMILES string of the molecule is CC(C)(C)[SiH2]OC(c1ccccc1)(c1ccccc1)[C@H]1CC(=O)[C@@H]1C(O[SiH2]C(C)(C)C)(c1ccccc1)c1ccccc1. The Morgan fingerprint density at radius 2 is 0.814 bits per heavy atom. The molecule has 0 unspecified atom stereocenters. The van der Waals surface area contributed by atoms with Crippen molar-refractivity contribution in [2.45, 2.75) is 69.2 Å². The third-order valence-corrected chi connectivity index (χ3v) is 11.3. The molecule has 5 rings (SSSR count). The monoisotopic (exact) mass is 606 g/mol. The van der Waals surface area contributed by atoms with Gasteiger partial charge in [0, 0.05) is 12.3 Å². The van der Waals surface area contributed by atoms with Crippen LogP contribution < -0.4 is 0 Å². The first-order chi connectivity index (χ1) is 20.5. The summed E-state index contributed by atoms with van der Waals surface area (Å²) < 4.78 is 14.8. The van der Waals surface area contributed by atoms with Gasteiger partial charge in [-0.2, -0.15) is 0 Å². The number of benzene rings is 4. The number of rotatable bonds is 10. The lowest BCUT2D eigenvalue weighted by Crippen LogP contribution is -2.61. The van der Waals surface area contributed by atoms with Crippen LogP contribution in [0.2, 0.25) is 10.1 Å². The van der Waals surface area contributed by atoms with Crippen molar-refractivity contribution < 1.29 is 13.6 Å². The Balaban J connectivity index is 1.80. The Labute approximate surface area is 262 Å². The summed E-state index contributed by atoms with van der Waals surface area (Å²) in [5.74, 6) is -0.326. The predicted molar refractivity (Wildman–Crippen MR) is 183 cm³/mol. The molecule has 1 aliphatic carbocycles. The van der Waals surface area contributed by atoms with Crippen molar-refractivity contribution in [3.63, 3.8) is 0 Å². The van der Waals surface area contributed by atoms with E-state index in [0.29, 0.717) is 6.42 Å². The summed E-state index contributed by atoms with van der Waals surface area (Å²) in [4.78, 5) is 14.4. The molecule has 1 fully saturated rings. The van der Waals surface area contributed by atoms with Crippen LogP contribution in [0.3, 0.4) is 0 Å². The van der Waals surface area contributed by atoms with Gasteiger partial charge in [-0.3, -0.25) is 4.79 Å². The molecule has 0 aromatic heterocycles. The average Bonchev–Trinajstić information content (AvgIpc) is 3.00. The van der Waals surface area contributed by atoms with Crippen molar-refractivity contribution in [3.8, 4) is 0 Å². The van der Waals surface area contributed by atoms with Crippen molar-refractivity contribution in [1.82, 2.24) is 0 Å². The van der Waals surface area contributed by atoms with E-state index in [2.05, 4.69) is 151 Å². The van der Waals surface area contributed by atoms with Gasteiger partial charge < -0.3 is 8.85 Å². The molecular weight excluding hydrogens is 561 g/mol. The maximum Gasteiger partial charge on any atom is 0.168 e. The highest BCUT2D eigenvalue weighted by molar-refractivity contribution is 6.32. The second-order valence-electron chi connectivity index (χ2n) is 14.4. The zero-order valence-corrected chi connectivity index (χ0v) is 29.4. The van der Waals surface area contributed by atoms with Crippen molar-refractivity contribution in [2.24, 2.45) is 11.8 Å². The molecule has 5 heteroatoms. The maximum absolute atomic E-state index is 14.4. The minimum absolute atomic E-state index is 0.0305. The minimum atomic E-state index is -1.09. The highest BCUT2D eigenvalue weighted by Crippen LogP contribution is 2.59. The molecule has 0 spiro atoms.